The maximum atomic E-state index is 13.2. The first-order valence-electron chi connectivity index (χ1n) is 8.97. The summed E-state index contributed by atoms with van der Waals surface area (Å²) in [6.45, 7) is 2.46. The quantitative estimate of drug-likeness (QED) is 0.494. The highest BCUT2D eigenvalue weighted by atomic mass is 16.6. The van der Waals surface area contributed by atoms with Gasteiger partial charge < -0.3 is 28.4 Å². The molecule has 0 spiro atoms. The minimum atomic E-state index is -1.65. The normalized spacial score (nSPS) is 24.1. The van der Waals surface area contributed by atoms with Gasteiger partial charge in [-0.25, -0.2) is 5.06 Å². The number of amides is 1. The van der Waals surface area contributed by atoms with E-state index in [0.29, 0.717) is 34.5 Å². The number of ether oxygens (including phenoxy) is 6. The van der Waals surface area contributed by atoms with Crippen molar-refractivity contribution < 1.29 is 38.4 Å². The van der Waals surface area contributed by atoms with Crippen LogP contribution in [0.1, 0.15) is 18.9 Å². The van der Waals surface area contributed by atoms with Crippen LogP contribution in [0.3, 0.4) is 0 Å². The zero-order chi connectivity index (χ0) is 20.9. The van der Waals surface area contributed by atoms with E-state index in [9.17, 15) is 10.0 Å². The number of likely N-dealkylation sites (N-methyl/N-ethyl adjacent to an activating group) is 1. The summed E-state index contributed by atoms with van der Waals surface area (Å²) in [5.41, 5.74) is -1.25. The Morgan fingerprint density at radius 2 is 1.82 bits per heavy atom. The first-order valence-corrected chi connectivity index (χ1v) is 8.97. The van der Waals surface area contributed by atoms with Crippen molar-refractivity contribution in [3.8, 4) is 17.2 Å². The molecule has 1 aromatic carbocycles. The van der Waals surface area contributed by atoms with E-state index < -0.39 is 23.7 Å². The largest absolute Gasteiger partial charge is 0.493 e. The second-order valence-corrected chi connectivity index (χ2v) is 6.35. The van der Waals surface area contributed by atoms with Crippen molar-refractivity contribution in [1.29, 1.82) is 0 Å². The van der Waals surface area contributed by atoms with Crippen molar-refractivity contribution in [2.75, 3.05) is 48.7 Å². The van der Waals surface area contributed by atoms with Gasteiger partial charge in [-0.3, -0.25) is 10.0 Å². The fourth-order valence-corrected chi connectivity index (χ4v) is 3.40. The molecule has 0 aliphatic carbocycles. The lowest BCUT2D eigenvalue weighted by Gasteiger charge is -2.35. The van der Waals surface area contributed by atoms with Crippen LogP contribution < -0.4 is 14.2 Å². The summed E-state index contributed by atoms with van der Waals surface area (Å²) in [6, 6.07) is 3.23. The van der Waals surface area contributed by atoms with Crippen molar-refractivity contribution in [3.05, 3.63) is 17.7 Å². The molecule has 158 valence electrons. The van der Waals surface area contributed by atoms with Gasteiger partial charge in [0.1, 0.15) is 12.2 Å². The van der Waals surface area contributed by atoms with Gasteiger partial charge in [-0.05, 0) is 18.6 Å². The molecule has 28 heavy (non-hydrogen) atoms. The molecule has 1 fully saturated rings. The van der Waals surface area contributed by atoms with E-state index in [1.165, 1.54) is 35.5 Å². The van der Waals surface area contributed by atoms with E-state index in [-0.39, 0.29) is 6.61 Å². The summed E-state index contributed by atoms with van der Waals surface area (Å²) < 4.78 is 33.6. The number of hydrogen-bond acceptors (Lipinski definition) is 8. The van der Waals surface area contributed by atoms with Crippen LogP contribution in [0.5, 0.6) is 17.2 Å². The molecule has 0 bridgehead atoms. The van der Waals surface area contributed by atoms with Crippen molar-refractivity contribution >= 4 is 5.91 Å². The Balaban J connectivity index is 2.72. The molecule has 0 saturated carbocycles. The molecule has 1 N–H and O–H groups in total. The summed E-state index contributed by atoms with van der Waals surface area (Å²) in [7, 11) is 7.21. The van der Waals surface area contributed by atoms with Gasteiger partial charge in [-0.2, -0.15) is 0 Å². The van der Waals surface area contributed by atoms with E-state index in [1.54, 1.807) is 12.1 Å². The monoisotopic (exact) mass is 399 g/mol. The number of nitrogens with zero attached hydrogens (tertiary/aromatic N) is 1. The molecule has 9 nitrogen and oxygen atoms in total. The molecule has 9 heteroatoms. The van der Waals surface area contributed by atoms with Gasteiger partial charge in [-0.15, -0.1) is 0 Å². The standard InChI is InChI=1S/C19H29NO8/c1-7-8-27-17-15(25-5)11-28-19(17,18(21)20(2)22)12-9-13(23-3)16(26-6)14(10-12)24-4/h9-10,15,17,22H,7-8,11H2,1-6H3. The molecule has 2 rings (SSSR count). The summed E-state index contributed by atoms with van der Waals surface area (Å²) >= 11 is 0. The third-order valence-electron chi connectivity index (χ3n) is 4.72. The minimum Gasteiger partial charge on any atom is -0.493 e. The van der Waals surface area contributed by atoms with Gasteiger partial charge >= 0.3 is 0 Å². The highest BCUT2D eigenvalue weighted by Crippen LogP contribution is 2.47. The number of rotatable bonds is 9. The van der Waals surface area contributed by atoms with Gasteiger partial charge in [0.05, 0.1) is 27.9 Å². The highest BCUT2D eigenvalue weighted by molar-refractivity contribution is 5.87. The highest BCUT2D eigenvalue weighted by Gasteiger charge is 2.59. The Labute approximate surface area is 165 Å². The van der Waals surface area contributed by atoms with Crippen molar-refractivity contribution in [2.24, 2.45) is 0 Å². The predicted molar refractivity (Wildman–Crippen MR) is 99.1 cm³/mol. The molecule has 1 aliphatic heterocycles. The van der Waals surface area contributed by atoms with Crippen LogP contribution in [0.4, 0.5) is 0 Å². The molecule has 1 aromatic rings. The molecule has 1 amide bonds. The van der Waals surface area contributed by atoms with Crippen molar-refractivity contribution in [1.82, 2.24) is 5.06 Å². The van der Waals surface area contributed by atoms with Crippen LogP contribution in [0.25, 0.3) is 0 Å². The van der Waals surface area contributed by atoms with Gasteiger partial charge in [0.2, 0.25) is 11.4 Å². The van der Waals surface area contributed by atoms with Crippen molar-refractivity contribution in [3.63, 3.8) is 0 Å². The van der Waals surface area contributed by atoms with Crippen LogP contribution in [-0.2, 0) is 24.6 Å². The van der Waals surface area contributed by atoms with E-state index in [4.69, 9.17) is 28.4 Å². The summed E-state index contributed by atoms with van der Waals surface area (Å²) in [5, 5.41) is 10.5. The van der Waals surface area contributed by atoms with E-state index in [1.807, 2.05) is 6.92 Å². The molecule has 0 radical (unpaired) electrons. The fourth-order valence-electron chi connectivity index (χ4n) is 3.40. The predicted octanol–water partition coefficient (Wildman–Crippen LogP) is 1.60. The Kier molecular flexibility index (Phi) is 7.48. The number of methoxy groups -OCH3 is 4. The summed E-state index contributed by atoms with van der Waals surface area (Å²) in [5.74, 6) is 0.384. The molecule has 1 saturated heterocycles. The van der Waals surface area contributed by atoms with Gasteiger partial charge in [-0.1, -0.05) is 6.92 Å². The number of hydroxylamine groups is 2. The lowest BCUT2D eigenvalue weighted by atomic mass is 9.85. The molecular formula is C19H29NO8. The van der Waals surface area contributed by atoms with Crippen LogP contribution in [-0.4, -0.2) is 77.1 Å². The van der Waals surface area contributed by atoms with E-state index >= 15 is 0 Å². The third kappa shape index (κ3) is 3.75. The van der Waals surface area contributed by atoms with Crippen LogP contribution in [0.15, 0.2) is 12.1 Å². The van der Waals surface area contributed by atoms with Gasteiger partial charge in [0.25, 0.3) is 5.91 Å². The van der Waals surface area contributed by atoms with Crippen LogP contribution in [0, 0.1) is 0 Å². The molecule has 1 heterocycles. The Hall–Kier alpha value is -2.07. The van der Waals surface area contributed by atoms with Gasteiger partial charge in [0.15, 0.2) is 11.5 Å². The Bertz CT molecular complexity index is 655. The lowest BCUT2D eigenvalue weighted by Crippen LogP contribution is -2.53. The number of hydrogen-bond donors (Lipinski definition) is 1. The Morgan fingerprint density at radius 3 is 2.25 bits per heavy atom. The van der Waals surface area contributed by atoms with Crippen molar-refractivity contribution in [2.45, 2.75) is 31.2 Å². The average molecular weight is 399 g/mol. The second-order valence-electron chi connectivity index (χ2n) is 6.35. The Morgan fingerprint density at radius 1 is 1.21 bits per heavy atom. The molecule has 3 atom stereocenters. The lowest BCUT2D eigenvalue weighted by molar-refractivity contribution is -0.195. The molecule has 3 unspecified atom stereocenters. The molecular weight excluding hydrogens is 370 g/mol. The maximum Gasteiger partial charge on any atom is 0.285 e. The number of carbonyl (C=O) groups is 1. The first-order chi connectivity index (χ1) is 13.4. The molecule has 1 aliphatic rings. The smallest absolute Gasteiger partial charge is 0.285 e. The average Bonchev–Trinajstić information content (AvgIpc) is 3.09. The minimum absolute atomic E-state index is 0.112. The van der Waals surface area contributed by atoms with Crippen LogP contribution >= 0.6 is 0 Å². The number of benzene rings is 1. The fraction of sp³-hybridized carbons (Fsp3) is 0.632. The van der Waals surface area contributed by atoms with E-state index in [0.717, 1.165) is 6.42 Å². The second kappa shape index (κ2) is 9.42. The maximum absolute atomic E-state index is 13.2. The zero-order valence-electron chi connectivity index (χ0n) is 17.2. The van der Waals surface area contributed by atoms with E-state index in [2.05, 4.69) is 0 Å². The topological polar surface area (TPSA) is 95.9 Å². The van der Waals surface area contributed by atoms with Gasteiger partial charge in [0, 0.05) is 26.3 Å². The third-order valence-corrected chi connectivity index (χ3v) is 4.72. The number of carbonyl (C=O) groups excluding carboxylic acids is 1. The summed E-state index contributed by atoms with van der Waals surface area (Å²) in [4.78, 5) is 13.2. The zero-order valence-corrected chi connectivity index (χ0v) is 17.2. The SMILES string of the molecule is CCCOC1C(OC)COC1(C(=O)N(C)O)c1cc(OC)c(OC)c(OC)c1. The summed E-state index contributed by atoms with van der Waals surface area (Å²) in [6.07, 6.45) is -0.557. The first kappa shape index (κ1) is 22.2. The molecule has 0 aromatic heterocycles. The van der Waals surface area contributed by atoms with Crippen LogP contribution in [0.2, 0.25) is 0 Å².